The lowest BCUT2D eigenvalue weighted by molar-refractivity contribution is -0.123. The summed E-state index contributed by atoms with van der Waals surface area (Å²) in [5.41, 5.74) is -0.0377. The predicted molar refractivity (Wildman–Crippen MR) is 79.9 cm³/mol. The lowest BCUT2D eigenvalue weighted by Crippen LogP contribution is -2.46. The molecule has 0 bridgehead atoms. The van der Waals surface area contributed by atoms with Crippen LogP contribution in [-0.2, 0) is 4.79 Å². The van der Waals surface area contributed by atoms with Crippen molar-refractivity contribution in [3.63, 3.8) is 0 Å². The number of carbonyl (C=O) groups is 1. The summed E-state index contributed by atoms with van der Waals surface area (Å²) in [5.74, 6) is 3.31. The van der Waals surface area contributed by atoms with E-state index in [1.165, 1.54) is 24.3 Å². The van der Waals surface area contributed by atoms with Crippen LogP contribution in [0.25, 0.3) is 0 Å². The largest absolute Gasteiger partial charge is 0.351 e. The van der Waals surface area contributed by atoms with E-state index in [0.717, 1.165) is 24.6 Å². The molecule has 0 radical (unpaired) electrons. The molecule has 17 heavy (non-hydrogen) atoms. The number of amides is 1. The molecule has 1 atom stereocenters. The summed E-state index contributed by atoms with van der Waals surface area (Å²) in [6.45, 7) is 4.28. The molecule has 1 N–H and O–H groups in total. The van der Waals surface area contributed by atoms with Gasteiger partial charge in [-0.05, 0) is 50.0 Å². The molecular formula is C13H24BrNOS. The van der Waals surface area contributed by atoms with Gasteiger partial charge in [0.1, 0.15) is 0 Å². The van der Waals surface area contributed by atoms with Crippen LogP contribution in [0.1, 0.15) is 46.0 Å². The topological polar surface area (TPSA) is 29.1 Å². The second-order valence-electron chi connectivity index (χ2n) is 5.16. The number of hydrogen-bond donors (Lipinski definition) is 1. The third-order valence-electron chi connectivity index (χ3n) is 3.68. The lowest BCUT2D eigenvalue weighted by atomic mass is 9.93. The molecule has 1 fully saturated rings. The van der Waals surface area contributed by atoms with E-state index in [0.29, 0.717) is 5.92 Å². The first-order chi connectivity index (χ1) is 8.09. The summed E-state index contributed by atoms with van der Waals surface area (Å²) >= 11 is 5.47. The van der Waals surface area contributed by atoms with Crippen molar-refractivity contribution in [3.8, 4) is 0 Å². The van der Waals surface area contributed by atoms with Crippen LogP contribution in [0.2, 0.25) is 0 Å². The van der Waals surface area contributed by atoms with Crippen LogP contribution in [-0.4, -0.2) is 28.3 Å². The Bertz CT molecular complexity index is 244. The molecule has 4 heteroatoms. The van der Waals surface area contributed by atoms with Crippen LogP contribution in [0.15, 0.2) is 0 Å². The summed E-state index contributed by atoms with van der Waals surface area (Å²) < 4.78 is 0. The van der Waals surface area contributed by atoms with E-state index < -0.39 is 0 Å². The standard InChI is InChI=1S/C13H24BrNOS/c1-3-13(2,6-7-14)15-12(16)10-11-4-8-17-9-5-11/h11H,3-10H2,1-2H3,(H,15,16). The van der Waals surface area contributed by atoms with Crippen molar-refractivity contribution in [1.82, 2.24) is 5.32 Å². The molecule has 1 unspecified atom stereocenters. The van der Waals surface area contributed by atoms with Gasteiger partial charge in [0, 0.05) is 17.3 Å². The smallest absolute Gasteiger partial charge is 0.220 e. The molecule has 1 saturated heterocycles. The fraction of sp³-hybridized carbons (Fsp3) is 0.923. The summed E-state index contributed by atoms with van der Waals surface area (Å²) in [5, 5.41) is 4.16. The van der Waals surface area contributed by atoms with Crippen LogP contribution in [0.4, 0.5) is 0 Å². The summed E-state index contributed by atoms with van der Waals surface area (Å²) in [7, 11) is 0. The number of carbonyl (C=O) groups excluding carboxylic acids is 1. The molecule has 1 amide bonds. The van der Waals surface area contributed by atoms with Crippen molar-refractivity contribution in [2.75, 3.05) is 16.8 Å². The molecule has 0 aromatic carbocycles. The van der Waals surface area contributed by atoms with Crippen molar-refractivity contribution < 1.29 is 4.79 Å². The van der Waals surface area contributed by atoms with Gasteiger partial charge in [0.25, 0.3) is 0 Å². The van der Waals surface area contributed by atoms with E-state index in [4.69, 9.17) is 0 Å². The minimum Gasteiger partial charge on any atom is -0.351 e. The highest BCUT2D eigenvalue weighted by molar-refractivity contribution is 9.09. The molecule has 0 aromatic rings. The molecule has 0 saturated carbocycles. The highest BCUT2D eigenvalue weighted by Gasteiger charge is 2.25. The summed E-state index contributed by atoms with van der Waals surface area (Å²) in [6, 6.07) is 0. The van der Waals surface area contributed by atoms with Crippen molar-refractivity contribution in [3.05, 3.63) is 0 Å². The Morgan fingerprint density at radius 3 is 2.65 bits per heavy atom. The quantitative estimate of drug-likeness (QED) is 0.757. The average Bonchev–Trinajstić information content (AvgIpc) is 2.30. The molecule has 2 nitrogen and oxygen atoms in total. The first-order valence-corrected chi connectivity index (χ1v) is 8.82. The minimum atomic E-state index is -0.0377. The maximum atomic E-state index is 12.0. The van der Waals surface area contributed by atoms with Crippen LogP contribution >= 0.6 is 27.7 Å². The predicted octanol–water partition coefficient (Wildman–Crippen LogP) is 3.59. The maximum absolute atomic E-state index is 12.0. The zero-order valence-electron chi connectivity index (χ0n) is 10.9. The van der Waals surface area contributed by atoms with Crippen molar-refractivity contribution in [1.29, 1.82) is 0 Å². The molecular weight excluding hydrogens is 298 g/mol. The number of halogens is 1. The number of nitrogens with one attached hydrogen (secondary N) is 1. The van der Waals surface area contributed by atoms with Gasteiger partial charge in [-0.2, -0.15) is 11.8 Å². The van der Waals surface area contributed by atoms with Crippen LogP contribution in [0.5, 0.6) is 0 Å². The van der Waals surface area contributed by atoms with Gasteiger partial charge in [-0.15, -0.1) is 0 Å². The van der Waals surface area contributed by atoms with Crippen molar-refractivity contribution in [2.24, 2.45) is 5.92 Å². The second-order valence-corrected chi connectivity index (χ2v) is 7.18. The lowest BCUT2D eigenvalue weighted by Gasteiger charge is -2.30. The molecule has 0 spiro atoms. The SMILES string of the molecule is CCC(C)(CCBr)NC(=O)CC1CCSCC1. The van der Waals surface area contributed by atoms with Crippen molar-refractivity contribution >= 4 is 33.6 Å². The highest BCUT2D eigenvalue weighted by atomic mass is 79.9. The molecule has 1 aliphatic rings. The number of rotatable bonds is 6. The number of alkyl halides is 1. The van der Waals surface area contributed by atoms with Gasteiger partial charge in [-0.25, -0.2) is 0 Å². The monoisotopic (exact) mass is 321 g/mol. The van der Waals surface area contributed by atoms with Gasteiger partial charge in [0.15, 0.2) is 0 Å². The van der Waals surface area contributed by atoms with E-state index >= 15 is 0 Å². The van der Waals surface area contributed by atoms with Crippen LogP contribution in [0, 0.1) is 5.92 Å². The Balaban J connectivity index is 2.36. The number of thioether (sulfide) groups is 1. The maximum Gasteiger partial charge on any atom is 0.220 e. The van der Waals surface area contributed by atoms with Gasteiger partial charge >= 0.3 is 0 Å². The normalized spacial score (nSPS) is 20.9. The molecule has 1 aliphatic heterocycles. The fourth-order valence-corrected chi connectivity index (χ4v) is 4.22. The second kappa shape index (κ2) is 7.67. The Morgan fingerprint density at radius 1 is 1.47 bits per heavy atom. The third-order valence-corrected chi connectivity index (χ3v) is 5.13. The average molecular weight is 322 g/mol. The Kier molecular flexibility index (Phi) is 6.93. The molecule has 1 rings (SSSR count). The molecule has 100 valence electrons. The van der Waals surface area contributed by atoms with Gasteiger partial charge in [-0.1, -0.05) is 22.9 Å². The van der Waals surface area contributed by atoms with E-state index in [2.05, 4.69) is 35.1 Å². The van der Waals surface area contributed by atoms with Crippen molar-refractivity contribution in [2.45, 2.75) is 51.5 Å². The van der Waals surface area contributed by atoms with Gasteiger partial charge < -0.3 is 5.32 Å². The van der Waals surface area contributed by atoms with Crippen LogP contribution < -0.4 is 5.32 Å². The van der Waals surface area contributed by atoms with Gasteiger partial charge in [0.05, 0.1) is 0 Å². The molecule has 0 aromatic heterocycles. The van der Waals surface area contributed by atoms with Crippen LogP contribution in [0.3, 0.4) is 0 Å². The van der Waals surface area contributed by atoms with E-state index in [1.54, 1.807) is 0 Å². The molecule has 0 aliphatic carbocycles. The van der Waals surface area contributed by atoms with E-state index in [1.807, 2.05) is 11.8 Å². The Hall–Kier alpha value is 0.300. The zero-order chi connectivity index (χ0) is 12.7. The minimum absolute atomic E-state index is 0.0377. The first-order valence-electron chi connectivity index (χ1n) is 6.54. The fourth-order valence-electron chi connectivity index (χ4n) is 2.14. The highest BCUT2D eigenvalue weighted by Crippen LogP contribution is 2.25. The zero-order valence-corrected chi connectivity index (χ0v) is 13.3. The third kappa shape index (κ3) is 5.64. The Morgan fingerprint density at radius 2 is 2.12 bits per heavy atom. The summed E-state index contributed by atoms with van der Waals surface area (Å²) in [4.78, 5) is 12.0. The van der Waals surface area contributed by atoms with E-state index in [-0.39, 0.29) is 11.4 Å². The molecule has 1 heterocycles. The first kappa shape index (κ1) is 15.4. The summed E-state index contributed by atoms with van der Waals surface area (Å²) in [6.07, 6.45) is 5.12. The Labute approximate surface area is 118 Å². The van der Waals surface area contributed by atoms with Gasteiger partial charge in [0.2, 0.25) is 5.91 Å². The number of hydrogen-bond acceptors (Lipinski definition) is 2. The van der Waals surface area contributed by atoms with Gasteiger partial charge in [-0.3, -0.25) is 4.79 Å². The van der Waals surface area contributed by atoms with E-state index in [9.17, 15) is 4.79 Å².